The van der Waals surface area contributed by atoms with Gasteiger partial charge in [-0.25, -0.2) is 0 Å². The topological polar surface area (TPSA) is 164 Å². The predicted octanol–water partition coefficient (Wildman–Crippen LogP) is 5.21. The van der Waals surface area contributed by atoms with E-state index in [2.05, 4.69) is 0 Å². The summed E-state index contributed by atoms with van der Waals surface area (Å²) >= 11 is 0. The summed E-state index contributed by atoms with van der Waals surface area (Å²) in [4.78, 5) is 36.7. The van der Waals surface area contributed by atoms with Crippen LogP contribution in [0.3, 0.4) is 0 Å². The van der Waals surface area contributed by atoms with E-state index in [0.29, 0.717) is 6.61 Å². The van der Waals surface area contributed by atoms with Gasteiger partial charge in [0.2, 0.25) is 0 Å². The van der Waals surface area contributed by atoms with Crippen molar-refractivity contribution in [2.24, 2.45) is 0 Å². The molecule has 0 aromatic heterocycles. The van der Waals surface area contributed by atoms with Crippen LogP contribution in [0.25, 0.3) is 0 Å². The molecule has 0 unspecified atom stereocenters. The third kappa shape index (κ3) is 13.0. The molecule has 320 valence electrons. The van der Waals surface area contributed by atoms with Gasteiger partial charge in [0.25, 0.3) is 0 Å². The van der Waals surface area contributed by atoms with Crippen molar-refractivity contribution in [1.82, 2.24) is 0 Å². The maximum atomic E-state index is 12.4. The molecule has 14 heteroatoms. The number of carbonyl (C=O) groups is 3. The van der Waals surface area contributed by atoms with Crippen LogP contribution in [-0.4, -0.2) is 97.6 Å². The molecule has 2 fully saturated rings. The van der Waals surface area contributed by atoms with Crippen molar-refractivity contribution in [3.8, 4) is 0 Å². The lowest BCUT2D eigenvalue weighted by molar-refractivity contribution is -0.343. The number of benzene rings is 4. The first-order valence-electron chi connectivity index (χ1n) is 19.8. The van der Waals surface area contributed by atoms with Crippen LogP contribution in [-0.2, 0) is 88.2 Å². The third-order valence-corrected chi connectivity index (χ3v) is 9.78. The number of carbonyl (C=O) groups excluding carboxylic acids is 3. The van der Waals surface area contributed by atoms with Crippen LogP contribution in [0.15, 0.2) is 121 Å². The lowest BCUT2D eigenvalue weighted by Gasteiger charge is -2.47. The van der Waals surface area contributed by atoms with Gasteiger partial charge in [-0.1, -0.05) is 121 Å². The number of rotatable bonds is 19. The molecule has 0 saturated carbocycles. The molecule has 10 atom stereocenters. The summed E-state index contributed by atoms with van der Waals surface area (Å²) in [6.45, 7) is 3.97. The van der Waals surface area contributed by atoms with Gasteiger partial charge in [0, 0.05) is 20.8 Å². The van der Waals surface area contributed by atoms with Crippen LogP contribution in [0.2, 0.25) is 0 Å². The Labute approximate surface area is 349 Å². The van der Waals surface area contributed by atoms with Crippen molar-refractivity contribution in [3.05, 3.63) is 144 Å². The lowest BCUT2D eigenvalue weighted by atomic mass is 9.97. The molecular formula is C46H52O14. The summed E-state index contributed by atoms with van der Waals surface area (Å²) in [5, 5.41) is 11.1. The van der Waals surface area contributed by atoms with Gasteiger partial charge in [-0.2, -0.15) is 0 Å². The molecule has 2 aliphatic heterocycles. The van der Waals surface area contributed by atoms with E-state index in [9.17, 15) is 19.5 Å². The molecule has 0 bridgehead atoms. The van der Waals surface area contributed by atoms with Crippen molar-refractivity contribution in [2.45, 2.75) is 109 Å². The zero-order chi connectivity index (χ0) is 42.3. The van der Waals surface area contributed by atoms with Gasteiger partial charge in [-0.15, -0.1) is 0 Å². The second-order valence-electron chi connectivity index (χ2n) is 14.4. The summed E-state index contributed by atoms with van der Waals surface area (Å²) in [6.07, 6.45) is -11.8. The summed E-state index contributed by atoms with van der Waals surface area (Å²) in [5.74, 6) is -2.30. The maximum absolute atomic E-state index is 12.4. The van der Waals surface area contributed by atoms with Gasteiger partial charge in [0.1, 0.15) is 30.5 Å². The Morgan fingerprint density at radius 3 is 1.33 bits per heavy atom. The minimum atomic E-state index is -1.78. The SMILES string of the molecule is CC(=O)O[C@@H]1[C@@H](OC(C)=O)[C@H](O)O[C@H](CO[C@H]2O[C@H](COCc3ccccc3)[C@H](OCc3ccccc3)[C@H](OCc3ccccc3)[C@H]2OCc2ccccc2)[C@H]1OC(C)=O. The molecule has 60 heavy (non-hydrogen) atoms. The fourth-order valence-corrected chi connectivity index (χ4v) is 7.08. The number of esters is 3. The molecule has 0 spiro atoms. The number of hydrogen-bond acceptors (Lipinski definition) is 14. The summed E-state index contributed by atoms with van der Waals surface area (Å²) in [5.41, 5.74) is 3.68. The number of ether oxygens (including phenoxy) is 10. The highest BCUT2D eigenvalue weighted by molar-refractivity contribution is 5.68. The predicted molar refractivity (Wildman–Crippen MR) is 213 cm³/mol. The molecule has 14 nitrogen and oxygen atoms in total. The standard InChI is InChI=1S/C46H52O14/c1-30(47)56-40-38(59-45(50)43(58-32(3)49)42(40)57-31(2)48)29-55-46-44(54-27-36-22-14-7-15-23-36)41(53-26-35-20-12-6-13-21-35)39(52-25-34-18-10-5-11-19-34)37(60-46)28-51-24-33-16-8-4-9-17-33/h4-23,37-46,50H,24-29H2,1-3H3/t37-,38-,39+,40-,41+,42+,43-,44-,45-,46+/m1/s1. The molecule has 2 aliphatic rings. The van der Waals surface area contributed by atoms with Crippen LogP contribution >= 0.6 is 0 Å². The molecule has 2 saturated heterocycles. The quantitative estimate of drug-likeness (QED) is 0.0968. The van der Waals surface area contributed by atoms with E-state index >= 15 is 0 Å². The van der Waals surface area contributed by atoms with Crippen molar-refractivity contribution in [3.63, 3.8) is 0 Å². The molecule has 0 aliphatic carbocycles. The highest BCUT2D eigenvalue weighted by Crippen LogP contribution is 2.34. The van der Waals surface area contributed by atoms with Crippen molar-refractivity contribution >= 4 is 17.9 Å². The average molecular weight is 829 g/mol. The van der Waals surface area contributed by atoms with E-state index in [0.717, 1.165) is 43.0 Å². The molecule has 0 amide bonds. The Morgan fingerprint density at radius 1 is 0.450 bits per heavy atom. The molecule has 4 aromatic rings. The van der Waals surface area contributed by atoms with E-state index < -0.39 is 79.3 Å². The van der Waals surface area contributed by atoms with Crippen molar-refractivity contribution in [1.29, 1.82) is 0 Å². The first-order chi connectivity index (χ1) is 29.1. The summed E-state index contributed by atoms with van der Waals surface area (Å²) in [7, 11) is 0. The van der Waals surface area contributed by atoms with Gasteiger partial charge in [-0.3, -0.25) is 14.4 Å². The van der Waals surface area contributed by atoms with E-state index in [1.54, 1.807) is 0 Å². The Balaban J connectivity index is 1.34. The second-order valence-corrected chi connectivity index (χ2v) is 14.4. The van der Waals surface area contributed by atoms with Crippen LogP contribution in [0, 0.1) is 0 Å². The monoisotopic (exact) mass is 828 g/mol. The van der Waals surface area contributed by atoms with Gasteiger partial charge < -0.3 is 52.5 Å². The first-order valence-corrected chi connectivity index (χ1v) is 19.8. The van der Waals surface area contributed by atoms with Gasteiger partial charge in [0.05, 0.1) is 39.6 Å². The van der Waals surface area contributed by atoms with Crippen LogP contribution < -0.4 is 0 Å². The minimum Gasteiger partial charge on any atom is -0.456 e. The van der Waals surface area contributed by atoms with Crippen LogP contribution in [0.4, 0.5) is 0 Å². The third-order valence-electron chi connectivity index (χ3n) is 9.78. The molecular weight excluding hydrogens is 776 g/mol. The van der Waals surface area contributed by atoms with E-state index in [1.807, 2.05) is 121 Å². The Hall–Kier alpha value is -5.03. The zero-order valence-electron chi connectivity index (χ0n) is 33.8. The van der Waals surface area contributed by atoms with Crippen LogP contribution in [0.1, 0.15) is 43.0 Å². The van der Waals surface area contributed by atoms with Gasteiger partial charge >= 0.3 is 17.9 Å². The largest absolute Gasteiger partial charge is 0.456 e. The lowest BCUT2D eigenvalue weighted by Crippen LogP contribution is -2.64. The molecule has 4 aromatic carbocycles. The highest BCUT2D eigenvalue weighted by atomic mass is 16.7. The number of hydrogen-bond donors (Lipinski definition) is 1. The van der Waals surface area contributed by atoms with Crippen molar-refractivity contribution < 1.29 is 66.9 Å². The normalized spacial score (nSPS) is 26.5. The Kier molecular flexibility index (Phi) is 16.7. The first kappa shape index (κ1) is 44.5. The number of aliphatic hydroxyl groups excluding tert-OH is 1. The Bertz CT molecular complexity index is 1900. The summed E-state index contributed by atoms with van der Waals surface area (Å²) < 4.78 is 61.9. The molecule has 2 heterocycles. The van der Waals surface area contributed by atoms with E-state index in [4.69, 9.17) is 47.4 Å². The van der Waals surface area contributed by atoms with Crippen LogP contribution in [0.5, 0.6) is 0 Å². The fraction of sp³-hybridized carbons (Fsp3) is 0.413. The molecule has 1 N–H and O–H groups in total. The summed E-state index contributed by atoms with van der Waals surface area (Å²) in [6, 6.07) is 38.7. The second kappa shape index (κ2) is 22.5. The van der Waals surface area contributed by atoms with E-state index in [-0.39, 0.29) is 33.0 Å². The zero-order valence-corrected chi connectivity index (χ0v) is 33.8. The Morgan fingerprint density at radius 2 is 0.850 bits per heavy atom. The fourth-order valence-electron chi connectivity index (χ4n) is 7.08. The molecule has 0 radical (unpaired) electrons. The number of aliphatic hydroxyl groups is 1. The van der Waals surface area contributed by atoms with Gasteiger partial charge in [0.15, 0.2) is 30.9 Å². The van der Waals surface area contributed by atoms with E-state index in [1.165, 1.54) is 0 Å². The minimum absolute atomic E-state index is 0.0676. The van der Waals surface area contributed by atoms with Gasteiger partial charge in [-0.05, 0) is 22.3 Å². The highest BCUT2D eigenvalue weighted by Gasteiger charge is 2.53. The maximum Gasteiger partial charge on any atom is 0.303 e. The smallest absolute Gasteiger partial charge is 0.303 e. The molecule has 6 rings (SSSR count). The van der Waals surface area contributed by atoms with Crippen molar-refractivity contribution in [2.75, 3.05) is 13.2 Å². The average Bonchev–Trinajstić information content (AvgIpc) is 3.24.